The van der Waals surface area contributed by atoms with Gasteiger partial charge in [-0.15, -0.1) is 0 Å². The van der Waals surface area contributed by atoms with Gasteiger partial charge in [0.1, 0.15) is 0 Å². The molecule has 1 unspecified atom stereocenters. The molecule has 1 saturated heterocycles. The first-order valence-electron chi connectivity index (χ1n) is 6.21. The van der Waals surface area contributed by atoms with Crippen molar-refractivity contribution in [2.24, 2.45) is 5.92 Å². The molecule has 0 aliphatic carbocycles. The van der Waals surface area contributed by atoms with Crippen molar-refractivity contribution in [3.8, 4) is 0 Å². The minimum atomic E-state index is 0.628. The molecule has 1 aromatic rings. The Bertz CT molecular complexity index is 367. The molecule has 1 fully saturated rings. The first kappa shape index (κ1) is 13.0. The second-order valence-corrected chi connectivity index (χ2v) is 5.91. The van der Waals surface area contributed by atoms with Gasteiger partial charge in [0, 0.05) is 49.1 Å². The Morgan fingerprint density at radius 2 is 2.35 bits per heavy atom. The second-order valence-electron chi connectivity index (χ2n) is 5.00. The molecule has 0 amide bonds. The fourth-order valence-corrected chi connectivity index (χ4v) is 2.81. The predicted octanol–water partition coefficient (Wildman–Crippen LogP) is 2.27. The van der Waals surface area contributed by atoms with E-state index < -0.39 is 0 Å². The number of nitrogens with one attached hydrogen (secondary N) is 1. The average Bonchev–Trinajstić information content (AvgIpc) is 2.29. The number of halogens is 1. The van der Waals surface area contributed by atoms with Gasteiger partial charge in [0.05, 0.1) is 0 Å². The molecule has 4 heteroatoms. The molecule has 1 atom stereocenters. The highest BCUT2D eigenvalue weighted by Gasteiger charge is 2.24. The molecule has 3 nitrogen and oxygen atoms in total. The lowest BCUT2D eigenvalue weighted by atomic mass is 10.00. The summed E-state index contributed by atoms with van der Waals surface area (Å²) in [5.41, 5.74) is 1.28. The summed E-state index contributed by atoms with van der Waals surface area (Å²) in [7, 11) is 0. The Kier molecular flexibility index (Phi) is 4.54. The van der Waals surface area contributed by atoms with Crippen molar-refractivity contribution in [3.05, 3.63) is 28.5 Å². The smallest absolute Gasteiger partial charge is 0.0410 e. The highest BCUT2D eigenvalue weighted by atomic mass is 79.9. The van der Waals surface area contributed by atoms with Gasteiger partial charge in [0.15, 0.2) is 0 Å². The van der Waals surface area contributed by atoms with Crippen molar-refractivity contribution < 1.29 is 0 Å². The summed E-state index contributed by atoms with van der Waals surface area (Å²) >= 11 is 3.48. The third-order valence-corrected chi connectivity index (χ3v) is 3.75. The van der Waals surface area contributed by atoms with E-state index in [9.17, 15) is 0 Å². The number of nitrogens with zero attached hydrogens (tertiary/aromatic N) is 2. The predicted molar refractivity (Wildman–Crippen MR) is 73.8 cm³/mol. The Balaban J connectivity index is 2.05. The van der Waals surface area contributed by atoms with E-state index in [2.05, 4.69) is 51.0 Å². The van der Waals surface area contributed by atoms with E-state index >= 15 is 0 Å². The Hall–Kier alpha value is -0.450. The van der Waals surface area contributed by atoms with Gasteiger partial charge < -0.3 is 5.32 Å². The van der Waals surface area contributed by atoms with Gasteiger partial charge in [-0.2, -0.15) is 0 Å². The van der Waals surface area contributed by atoms with E-state index in [1.54, 1.807) is 0 Å². The molecule has 0 aromatic carbocycles. The first-order chi connectivity index (χ1) is 8.16. The van der Waals surface area contributed by atoms with Crippen LogP contribution in [0.1, 0.15) is 19.4 Å². The van der Waals surface area contributed by atoms with E-state index in [-0.39, 0.29) is 0 Å². The number of pyridine rings is 1. The number of hydrogen-bond acceptors (Lipinski definition) is 3. The SMILES string of the molecule is CC(C)C1CNCCN1Cc1cncc(Br)c1. The number of aromatic nitrogens is 1. The van der Waals surface area contributed by atoms with Crippen LogP contribution < -0.4 is 5.32 Å². The van der Waals surface area contributed by atoms with Crippen LogP contribution in [0.2, 0.25) is 0 Å². The van der Waals surface area contributed by atoms with E-state index in [1.807, 2.05) is 12.4 Å². The molecule has 2 heterocycles. The third-order valence-electron chi connectivity index (χ3n) is 3.32. The van der Waals surface area contributed by atoms with Crippen LogP contribution in [0.15, 0.2) is 22.9 Å². The monoisotopic (exact) mass is 297 g/mol. The van der Waals surface area contributed by atoms with Crippen molar-refractivity contribution >= 4 is 15.9 Å². The van der Waals surface area contributed by atoms with Crippen molar-refractivity contribution in [1.82, 2.24) is 15.2 Å². The Morgan fingerprint density at radius 1 is 1.53 bits per heavy atom. The van der Waals surface area contributed by atoms with Gasteiger partial charge in [0.2, 0.25) is 0 Å². The lowest BCUT2D eigenvalue weighted by Gasteiger charge is -2.38. The van der Waals surface area contributed by atoms with E-state index in [1.165, 1.54) is 5.56 Å². The quantitative estimate of drug-likeness (QED) is 0.928. The molecule has 1 aliphatic rings. The molecule has 1 aromatic heterocycles. The zero-order chi connectivity index (χ0) is 12.3. The Labute approximate surface area is 112 Å². The van der Waals surface area contributed by atoms with Crippen molar-refractivity contribution in [1.29, 1.82) is 0 Å². The summed E-state index contributed by atoms with van der Waals surface area (Å²) in [6.45, 7) is 8.89. The summed E-state index contributed by atoms with van der Waals surface area (Å²) in [6.07, 6.45) is 3.80. The van der Waals surface area contributed by atoms with Gasteiger partial charge in [-0.05, 0) is 33.5 Å². The van der Waals surface area contributed by atoms with Crippen LogP contribution in [0, 0.1) is 5.92 Å². The first-order valence-corrected chi connectivity index (χ1v) is 7.00. The second kappa shape index (κ2) is 5.94. The molecule has 0 spiro atoms. The molecular formula is C13H20BrN3. The van der Waals surface area contributed by atoms with Gasteiger partial charge in [-0.25, -0.2) is 0 Å². The Morgan fingerprint density at radius 3 is 3.06 bits per heavy atom. The molecule has 0 saturated carbocycles. The zero-order valence-electron chi connectivity index (χ0n) is 10.5. The van der Waals surface area contributed by atoms with Crippen LogP contribution in [0.5, 0.6) is 0 Å². The van der Waals surface area contributed by atoms with Gasteiger partial charge in [0.25, 0.3) is 0 Å². The van der Waals surface area contributed by atoms with Crippen LogP contribution in [-0.4, -0.2) is 35.6 Å². The van der Waals surface area contributed by atoms with Gasteiger partial charge in [-0.1, -0.05) is 13.8 Å². The normalized spacial score (nSPS) is 22.0. The summed E-state index contributed by atoms with van der Waals surface area (Å²) in [4.78, 5) is 6.79. The molecule has 2 rings (SSSR count). The minimum absolute atomic E-state index is 0.628. The molecular weight excluding hydrogens is 278 g/mol. The van der Waals surface area contributed by atoms with Crippen molar-refractivity contribution in [3.63, 3.8) is 0 Å². The molecule has 0 radical (unpaired) electrons. The molecule has 1 N–H and O–H groups in total. The van der Waals surface area contributed by atoms with Crippen molar-refractivity contribution in [2.45, 2.75) is 26.4 Å². The molecule has 0 bridgehead atoms. The van der Waals surface area contributed by atoms with E-state index in [4.69, 9.17) is 0 Å². The van der Waals surface area contributed by atoms with Crippen LogP contribution in [0.25, 0.3) is 0 Å². The standard InChI is InChI=1S/C13H20BrN3/c1-10(2)13-8-15-3-4-17(13)9-11-5-12(14)7-16-6-11/h5-7,10,13,15H,3-4,8-9H2,1-2H3. The maximum absolute atomic E-state index is 4.23. The molecule has 1 aliphatic heterocycles. The highest BCUT2D eigenvalue weighted by molar-refractivity contribution is 9.10. The summed E-state index contributed by atoms with van der Waals surface area (Å²) < 4.78 is 1.06. The fraction of sp³-hybridized carbons (Fsp3) is 0.615. The third kappa shape index (κ3) is 3.50. The number of hydrogen-bond donors (Lipinski definition) is 1. The van der Waals surface area contributed by atoms with Crippen LogP contribution in [-0.2, 0) is 6.54 Å². The summed E-state index contributed by atoms with van der Waals surface area (Å²) in [5, 5.41) is 3.48. The van der Waals surface area contributed by atoms with E-state index in [0.717, 1.165) is 30.7 Å². The summed E-state index contributed by atoms with van der Waals surface area (Å²) in [6, 6.07) is 2.79. The van der Waals surface area contributed by atoms with E-state index in [0.29, 0.717) is 12.0 Å². The van der Waals surface area contributed by atoms with Crippen LogP contribution in [0.3, 0.4) is 0 Å². The minimum Gasteiger partial charge on any atom is -0.314 e. The molecule has 94 valence electrons. The average molecular weight is 298 g/mol. The lowest BCUT2D eigenvalue weighted by Crippen LogP contribution is -2.52. The fourth-order valence-electron chi connectivity index (χ4n) is 2.40. The van der Waals surface area contributed by atoms with Gasteiger partial charge in [-0.3, -0.25) is 9.88 Å². The highest BCUT2D eigenvalue weighted by Crippen LogP contribution is 2.17. The lowest BCUT2D eigenvalue weighted by molar-refractivity contribution is 0.117. The zero-order valence-corrected chi connectivity index (χ0v) is 12.1. The van der Waals surface area contributed by atoms with Gasteiger partial charge >= 0.3 is 0 Å². The summed E-state index contributed by atoms with van der Waals surface area (Å²) in [5.74, 6) is 0.683. The van der Waals surface area contributed by atoms with Crippen LogP contribution in [0.4, 0.5) is 0 Å². The van der Waals surface area contributed by atoms with Crippen molar-refractivity contribution in [2.75, 3.05) is 19.6 Å². The largest absolute Gasteiger partial charge is 0.314 e. The maximum Gasteiger partial charge on any atom is 0.0410 e. The van der Waals surface area contributed by atoms with Crippen LogP contribution >= 0.6 is 15.9 Å². The number of piperazine rings is 1. The maximum atomic E-state index is 4.23. The molecule has 17 heavy (non-hydrogen) atoms. The topological polar surface area (TPSA) is 28.2 Å². The number of rotatable bonds is 3.